The molecule has 0 radical (unpaired) electrons. The third-order valence-electron chi connectivity index (χ3n) is 2.33. The van der Waals surface area contributed by atoms with Crippen molar-refractivity contribution in [3.8, 4) is 0 Å². The Labute approximate surface area is 69.6 Å². The first-order valence-corrected chi connectivity index (χ1v) is 3.93. The summed E-state index contributed by atoms with van der Waals surface area (Å²) >= 11 is 0. The molecule has 4 heteroatoms. The Kier molecular flexibility index (Phi) is 1.43. The van der Waals surface area contributed by atoms with Crippen LogP contribution >= 0.6 is 0 Å². The molecule has 2 atom stereocenters. The topological polar surface area (TPSA) is 66.0 Å². The van der Waals surface area contributed by atoms with Crippen molar-refractivity contribution in [1.29, 1.82) is 0 Å². The minimum Gasteiger partial charge on any atom is -0.481 e. The number of aromatic nitrogens is 2. The van der Waals surface area contributed by atoms with Crippen LogP contribution in [0.4, 0.5) is 0 Å². The summed E-state index contributed by atoms with van der Waals surface area (Å²) in [5, 5.41) is 8.68. The Morgan fingerprint density at radius 1 is 1.83 bits per heavy atom. The molecule has 1 aromatic heterocycles. The average molecular weight is 166 g/mol. The van der Waals surface area contributed by atoms with Gasteiger partial charge in [-0.25, -0.2) is 4.98 Å². The number of carboxylic acids is 1. The maximum Gasteiger partial charge on any atom is 0.307 e. The predicted molar refractivity (Wildman–Crippen MR) is 41.8 cm³/mol. The zero-order valence-corrected chi connectivity index (χ0v) is 6.74. The number of nitrogens with one attached hydrogen (secondary N) is 1. The van der Waals surface area contributed by atoms with Crippen LogP contribution in [-0.2, 0) is 4.79 Å². The molecule has 1 saturated carbocycles. The van der Waals surface area contributed by atoms with E-state index in [0.717, 1.165) is 17.8 Å². The fraction of sp³-hybridized carbons (Fsp3) is 0.500. The van der Waals surface area contributed by atoms with Crippen LogP contribution in [0.5, 0.6) is 0 Å². The molecule has 0 saturated heterocycles. The lowest BCUT2D eigenvalue weighted by Gasteiger charge is -1.92. The minimum atomic E-state index is -0.706. The second kappa shape index (κ2) is 2.33. The van der Waals surface area contributed by atoms with Crippen molar-refractivity contribution in [3.63, 3.8) is 0 Å². The summed E-state index contributed by atoms with van der Waals surface area (Å²) in [7, 11) is 0. The first kappa shape index (κ1) is 7.34. The van der Waals surface area contributed by atoms with Crippen LogP contribution in [0.1, 0.15) is 23.7 Å². The quantitative estimate of drug-likeness (QED) is 0.686. The number of aryl methyl sites for hydroxylation is 1. The van der Waals surface area contributed by atoms with Crippen LogP contribution < -0.4 is 0 Å². The number of imidazole rings is 1. The molecule has 12 heavy (non-hydrogen) atoms. The number of aromatic amines is 1. The molecule has 1 aromatic rings. The Balaban J connectivity index is 2.15. The molecule has 1 aliphatic carbocycles. The van der Waals surface area contributed by atoms with Gasteiger partial charge in [-0.1, -0.05) is 0 Å². The summed E-state index contributed by atoms with van der Waals surface area (Å²) in [6.07, 6.45) is 2.35. The standard InChI is InChI=1S/C8H10N2O2/c1-4-7(10-3-9-4)5-2-6(5)8(11)12/h3,5-6H,2H2,1H3,(H,9,10)(H,11,12). The lowest BCUT2D eigenvalue weighted by atomic mass is 10.2. The van der Waals surface area contributed by atoms with E-state index < -0.39 is 5.97 Å². The zero-order chi connectivity index (χ0) is 8.72. The molecule has 2 N–H and O–H groups in total. The van der Waals surface area contributed by atoms with Crippen LogP contribution in [0, 0.1) is 12.8 Å². The summed E-state index contributed by atoms with van der Waals surface area (Å²) in [5.74, 6) is -0.761. The molecule has 64 valence electrons. The van der Waals surface area contributed by atoms with E-state index >= 15 is 0 Å². The normalized spacial score (nSPS) is 27.1. The first-order chi connectivity index (χ1) is 5.70. The molecule has 1 heterocycles. The molecule has 0 amide bonds. The number of carbonyl (C=O) groups is 1. The molecular weight excluding hydrogens is 156 g/mol. The molecule has 0 aliphatic heterocycles. The van der Waals surface area contributed by atoms with Crippen LogP contribution in [0.15, 0.2) is 6.33 Å². The number of aliphatic carboxylic acids is 1. The average Bonchev–Trinajstić information content (AvgIpc) is 2.70. The highest BCUT2D eigenvalue weighted by atomic mass is 16.4. The Hall–Kier alpha value is -1.32. The highest BCUT2D eigenvalue weighted by molar-refractivity contribution is 5.75. The second-order valence-corrected chi connectivity index (χ2v) is 3.20. The minimum absolute atomic E-state index is 0.147. The van der Waals surface area contributed by atoms with Gasteiger partial charge in [0.2, 0.25) is 0 Å². The fourth-order valence-corrected chi connectivity index (χ4v) is 1.51. The molecule has 0 spiro atoms. The van der Waals surface area contributed by atoms with Crippen LogP contribution in [0.25, 0.3) is 0 Å². The lowest BCUT2D eigenvalue weighted by molar-refractivity contribution is -0.138. The smallest absolute Gasteiger partial charge is 0.307 e. The molecule has 0 bridgehead atoms. The van der Waals surface area contributed by atoms with Gasteiger partial charge in [-0.15, -0.1) is 0 Å². The molecule has 2 unspecified atom stereocenters. The van der Waals surface area contributed by atoms with Gasteiger partial charge in [0.15, 0.2) is 0 Å². The van der Waals surface area contributed by atoms with Gasteiger partial charge in [0.25, 0.3) is 0 Å². The van der Waals surface area contributed by atoms with Gasteiger partial charge in [0, 0.05) is 11.6 Å². The van der Waals surface area contributed by atoms with Gasteiger partial charge in [-0.3, -0.25) is 4.79 Å². The first-order valence-electron chi connectivity index (χ1n) is 3.93. The molecular formula is C8H10N2O2. The van der Waals surface area contributed by atoms with E-state index in [2.05, 4.69) is 9.97 Å². The second-order valence-electron chi connectivity index (χ2n) is 3.20. The van der Waals surface area contributed by atoms with Crippen molar-refractivity contribution in [2.24, 2.45) is 5.92 Å². The van der Waals surface area contributed by atoms with Gasteiger partial charge >= 0.3 is 5.97 Å². The summed E-state index contributed by atoms with van der Waals surface area (Å²) in [4.78, 5) is 17.6. The van der Waals surface area contributed by atoms with Gasteiger partial charge in [-0.2, -0.15) is 0 Å². The Bertz CT molecular complexity index is 319. The van der Waals surface area contributed by atoms with Crippen molar-refractivity contribution >= 4 is 5.97 Å². The third kappa shape index (κ3) is 0.995. The molecule has 0 aromatic carbocycles. The SMILES string of the molecule is Cc1[nH]cnc1C1CC1C(=O)O. The number of hydrogen-bond donors (Lipinski definition) is 2. The summed E-state index contributed by atoms with van der Waals surface area (Å²) in [5.41, 5.74) is 1.91. The monoisotopic (exact) mass is 166 g/mol. The Morgan fingerprint density at radius 3 is 3.00 bits per heavy atom. The molecule has 2 rings (SSSR count). The van der Waals surface area contributed by atoms with Crippen LogP contribution in [0.3, 0.4) is 0 Å². The third-order valence-corrected chi connectivity index (χ3v) is 2.33. The van der Waals surface area contributed by atoms with Crippen molar-refractivity contribution in [2.75, 3.05) is 0 Å². The van der Waals surface area contributed by atoms with E-state index in [0.29, 0.717) is 0 Å². The number of nitrogens with zero attached hydrogens (tertiary/aromatic N) is 1. The predicted octanol–water partition coefficient (Wildman–Crippen LogP) is 0.906. The Morgan fingerprint density at radius 2 is 2.58 bits per heavy atom. The number of H-pyrrole nitrogens is 1. The van der Waals surface area contributed by atoms with Crippen molar-refractivity contribution in [1.82, 2.24) is 9.97 Å². The lowest BCUT2D eigenvalue weighted by Crippen LogP contribution is -1.99. The largest absolute Gasteiger partial charge is 0.481 e. The highest BCUT2D eigenvalue weighted by Crippen LogP contribution is 2.47. The fourth-order valence-electron chi connectivity index (χ4n) is 1.51. The zero-order valence-electron chi connectivity index (χ0n) is 6.74. The van der Waals surface area contributed by atoms with E-state index in [1.165, 1.54) is 0 Å². The van der Waals surface area contributed by atoms with E-state index in [4.69, 9.17) is 5.11 Å². The number of hydrogen-bond acceptors (Lipinski definition) is 2. The molecule has 4 nitrogen and oxygen atoms in total. The molecule has 1 aliphatic rings. The van der Waals surface area contributed by atoms with E-state index in [1.807, 2.05) is 6.92 Å². The van der Waals surface area contributed by atoms with Crippen molar-refractivity contribution < 1.29 is 9.90 Å². The van der Waals surface area contributed by atoms with Gasteiger partial charge in [0.05, 0.1) is 17.9 Å². The summed E-state index contributed by atoms with van der Waals surface area (Å²) in [6.45, 7) is 1.92. The maximum atomic E-state index is 10.5. The van der Waals surface area contributed by atoms with E-state index in [1.54, 1.807) is 6.33 Å². The van der Waals surface area contributed by atoms with Crippen LogP contribution in [0.2, 0.25) is 0 Å². The van der Waals surface area contributed by atoms with E-state index in [9.17, 15) is 4.79 Å². The van der Waals surface area contributed by atoms with Gasteiger partial charge in [-0.05, 0) is 13.3 Å². The highest BCUT2D eigenvalue weighted by Gasteiger charge is 2.46. The number of rotatable bonds is 2. The molecule has 1 fully saturated rings. The number of carboxylic acid groups (broad SMARTS) is 1. The maximum absolute atomic E-state index is 10.5. The van der Waals surface area contributed by atoms with E-state index in [-0.39, 0.29) is 11.8 Å². The van der Waals surface area contributed by atoms with Crippen molar-refractivity contribution in [3.05, 3.63) is 17.7 Å². The summed E-state index contributed by atoms with van der Waals surface area (Å²) < 4.78 is 0. The summed E-state index contributed by atoms with van der Waals surface area (Å²) in [6, 6.07) is 0. The van der Waals surface area contributed by atoms with Crippen LogP contribution in [-0.4, -0.2) is 21.0 Å². The van der Waals surface area contributed by atoms with Gasteiger partial charge < -0.3 is 10.1 Å². The van der Waals surface area contributed by atoms with Crippen molar-refractivity contribution in [2.45, 2.75) is 19.3 Å². The van der Waals surface area contributed by atoms with Gasteiger partial charge in [0.1, 0.15) is 0 Å².